The molecule has 0 unspecified atom stereocenters. The van der Waals surface area contributed by atoms with E-state index in [4.69, 9.17) is 21.9 Å². The van der Waals surface area contributed by atoms with Gasteiger partial charge in [0.05, 0.1) is 6.04 Å². The zero-order valence-electron chi connectivity index (χ0n) is 6.31. The van der Waals surface area contributed by atoms with Gasteiger partial charge in [-0.25, -0.2) is 4.79 Å². The average molecular weight is 190 g/mol. The first-order chi connectivity index (χ1) is 5.74. The van der Waals surface area contributed by atoms with Crippen LogP contribution in [0.2, 0.25) is 0 Å². The van der Waals surface area contributed by atoms with Crippen molar-refractivity contribution >= 4 is 17.0 Å². The number of hydrogen-bond acceptors (Lipinski definition) is 3. The fraction of sp³-hybridized carbons (Fsp3) is 0.833. The van der Waals surface area contributed by atoms with E-state index in [1.165, 1.54) is 0 Å². The van der Waals surface area contributed by atoms with E-state index in [1.807, 2.05) is 0 Å². The lowest BCUT2D eigenvalue weighted by Gasteiger charge is -2.12. The Morgan fingerprint density at radius 3 is 3.00 bits per heavy atom. The summed E-state index contributed by atoms with van der Waals surface area (Å²) in [6.45, 7) is 0. The molecule has 0 bridgehead atoms. The third-order valence-corrected chi connectivity index (χ3v) is 1.95. The molecule has 1 fully saturated rings. The first-order valence-electron chi connectivity index (χ1n) is 3.64. The highest BCUT2D eigenvalue weighted by molar-refractivity contribution is 6.61. The first-order valence-corrected chi connectivity index (χ1v) is 4.02. The standard InChI is InChI=1S/C6H8ClN3O2/c7-6(11)12-5-3-1-2-4(5)9-10-8/h4-5H,1-3H2/t4-,5-/m1/s1. The highest BCUT2D eigenvalue weighted by Crippen LogP contribution is 2.25. The maximum atomic E-state index is 10.4. The van der Waals surface area contributed by atoms with Gasteiger partial charge < -0.3 is 4.74 Å². The fourth-order valence-electron chi connectivity index (χ4n) is 1.36. The van der Waals surface area contributed by atoms with Crippen LogP contribution in [0, 0.1) is 0 Å². The Morgan fingerprint density at radius 1 is 1.67 bits per heavy atom. The Labute approximate surface area is 74.3 Å². The number of rotatable bonds is 2. The minimum absolute atomic E-state index is 0.238. The van der Waals surface area contributed by atoms with Crippen molar-refractivity contribution in [2.45, 2.75) is 31.4 Å². The molecule has 0 aromatic heterocycles. The molecule has 1 aliphatic rings. The minimum Gasteiger partial charge on any atom is -0.450 e. The Bertz CT molecular complexity index is 227. The molecule has 0 aromatic rings. The smallest absolute Gasteiger partial charge is 0.404 e. The summed E-state index contributed by atoms with van der Waals surface area (Å²) in [7, 11) is 0. The predicted octanol–water partition coefficient (Wildman–Crippen LogP) is 2.59. The molecule has 66 valence electrons. The van der Waals surface area contributed by atoms with Crippen LogP contribution >= 0.6 is 11.6 Å². The normalized spacial score (nSPS) is 27.8. The second-order valence-corrected chi connectivity index (χ2v) is 2.91. The summed E-state index contributed by atoms with van der Waals surface area (Å²) in [5.41, 5.74) is 7.33. The van der Waals surface area contributed by atoms with E-state index < -0.39 is 5.43 Å². The largest absolute Gasteiger partial charge is 0.450 e. The summed E-state index contributed by atoms with van der Waals surface area (Å²) in [4.78, 5) is 13.0. The van der Waals surface area contributed by atoms with E-state index in [2.05, 4.69) is 10.0 Å². The minimum atomic E-state index is -0.833. The number of halogens is 1. The van der Waals surface area contributed by atoms with Crippen LogP contribution in [0.25, 0.3) is 10.4 Å². The molecule has 0 aliphatic heterocycles. The summed E-state index contributed by atoms with van der Waals surface area (Å²) in [5, 5.41) is 3.50. The van der Waals surface area contributed by atoms with E-state index in [0.29, 0.717) is 0 Å². The number of carbonyl (C=O) groups is 1. The van der Waals surface area contributed by atoms with Gasteiger partial charge >= 0.3 is 5.43 Å². The van der Waals surface area contributed by atoms with Crippen molar-refractivity contribution in [3.05, 3.63) is 10.4 Å². The lowest BCUT2D eigenvalue weighted by atomic mass is 10.2. The summed E-state index contributed by atoms with van der Waals surface area (Å²) >= 11 is 5.03. The van der Waals surface area contributed by atoms with E-state index in [-0.39, 0.29) is 12.1 Å². The highest BCUT2D eigenvalue weighted by Gasteiger charge is 2.29. The van der Waals surface area contributed by atoms with Crippen molar-refractivity contribution < 1.29 is 9.53 Å². The lowest BCUT2D eigenvalue weighted by Crippen LogP contribution is -2.21. The number of carbonyl (C=O) groups excluding carboxylic acids is 1. The zero-order valence-corrected chi connectivity index (χ0v) is 7.07. The van der Waals surface area contributed by atoms with Crippen molar-refractivity contribution in [2.75, 3.05) is 0 Å². The van der Waals surface area contributed by atoms with E-state index in [9.17, 15) is 4.79 Å². The first kappa shape index (κ1) is 9.16. The van der Waals surface area contributed by atoms with Gasteiger partial charge in [-0.05, 0) is 24.8 Å². The Hall–Kier alpha value is -0.930. The van der Waals surface area contributed by atoms with Gasteiger partial charge in [0.1, 0.15) is 6.10 Å². The second-order valence-electron chi connectivity index (χ2n) is 2.60. The van der Waals surface area contributed by atoms with Crippen LogP contribution in [0.4, 0.5) is 4.79 Å². The monoisotopic (exact) mass is 189 g/mol. The molecule has 6 heteroatoms. The van der Waals surface area contributed by atoms with Gasteiger partial charge in [-0.15, -0.1) is 0 Å². The maximum absolute atomic E-state index is 10.4. The van der Waals surface area contributed by atoms with Crippen LogP contribution in [-0.4, -0.2) is 17.6 Å². The van der Waals surface area contributed by atoms with Crippen LogP contribution in [0.3, 0.4) is 0 Å². The molecule has 0 heterocycles. The maximum Gasteiger partial charge on any atom is 0.404 e. The molecule has 0 aromatic carbocycles. The van der Waals surface area contributed by atoms with Crippen molar-refractivity contribution in [1.29, 1.82) is 0 Å². The molecule has 0 amide bonds. The molecule has 0 spiro atoms. The Balaban J connectivity index is 2.51. The molecule has 0 saturated heterocycles. The van der Waals surface area contributed by atoms with Gasteiger partial charge in [-0.1, -0.05) is 5.11 Å². The van der Waals surface area contributed by atoms with Crippen molar-refractivity contribution in [1.82, 2.24) is 0 Å². The van der Waals surface area contributed by atoms with Crippen LogP contribution in [0.1, 0.15) is 19.3 Å². The third-order valence-electron chi connectivity index (χ3n) is 1.86. The van der Waals surface area contributed by atoms with E-state index in [1.54, 1.807) is 0 Å². The molecule has 12 heavy (non-hydrogen) atoms. The fourth-order valence-corrected chi connectivity index (χ4v) is 1.48. The highest BCUT2D eigenvalue weighted by atomic mass is 35.5. The van der Waals surface area contributed by atoms with Gasteiger partial charge in [0.25, 0.3) is 0 Å². The SMILES string of the molecule is [N-]=[N+]=N[C@@H]1CCC[C@H]1OC(=O)Cl. The second kappa shape index (κ2) is 4.18. The summed E-state index contributed by atoms with van der Waals surface area (Å²) in [6, 6.07) is -0.238. The number of azide groups is 1. The molecule has 0 radical (unpaired) electrons. The third kappa shape index (κ3) is 2.29. The Morgan fingerprint density at radius 2 is 2.42 bits per heavy atom. The van der Waals surface area contributed by atoms with Crippen molar-refractivity contribution in [3.8, 4) is 0 Å². The lowest BCUT2D eigenvalue weighted by molar-refractivity contribution is 0.116. The molecular formula is C6H8ClN3O2. The topological polar surface area (TPSA) is 75.1 Å². The van der Waals surface area contributed by atoms with Crippen molar-refractivity contribution in [2.24, 2.45) is 5.11 Å². The predicted molar refractivity (Wildman–Crippen MR) is 42.9 cm³/mol. The summed E-state index contributed by atoms with van der Waals surface area (Å²) < 4.78 is 4.74. The molecule has 1 rings (SSSR count). The van der Waals surface area contributed by atoms with E-state index in [0.717, 1.165) is 19.3 Å². The van der Waals surface area contributed by atoms with Gasteiger partial charge in [0, 0.05) is 16.5 Å². The molecule has 5 nitrogen and oxygen atoms in total. The van der Waals surface area contributed by atoms with Crippen LogP contribution in [0.5, 0.6) is 0 Å². The van der Waals surface area contributed by atoms with Crippen LogP contribution in [0.15, 0.2) is 5.11 Å². The number of ether oxygens (including phenoxy) is 1. The average Bonchev–Trinajstić information content (AvgIpc) is 2.37. The van der Waals surface area contributed by atoms with Crippen LogP contribution < -0.4 is 0 Å². The van der Waals surface area contributed by atoms with Gasteiger partial charge in [0.2, 0.25) is 0 Å². The van der Waals surface area contributed by atoms with Crippen LogP contribution in [-0.2, 0) is 4.74 Å². The molecule has 1 saturated carbocycles. The van der Waals surface area contributed by atoms with Gasteiger partial charge in [0.15, 0.2) is 0 Å². The number of nitrogens with zero attached hydrogens (tertiary/aromatic N) is 3. The molecule has 0 N–H and O–H groups in total. The summed E-state index contributed by atoms with van der Waals surface area (Å²) in [5.74, 6) is 0. The molecular weight excluding hydrogens is 182 g/mol. The van der Waals surface area contributed by atoms with Gasteiger partial charge in [-0.3, -0.25) is 0 Å². The molecule has 1 aliphatic carbocycles. The molecule has 2 atom stereocenters. The van der Waals surface area contributed by atoms with Gasteiger partial charge in [-0.2, -0.15) is 0 Å². The zero-order chi connectivity index (χ0) is 8.97. The Kier molecular flexibility index (Phi) is 3.19. The van der Waals surface area contributed by atoms with E-state index >= 15 is 0 Å². The number of hydrogen-bond donors (Lipinski definition) is 0. The summed E-state index contributed by atoms with van der Waals surface area (Å²) in [6.07, 6.45) is 2.06. The quantitative estimate of drug-likeness (QED) is 0.290. The van der Waals surface area contributed by atoms with Crippen molar-refractivity contribution in [3.63, 3.8) is 0 Å².